The van der Waals surface area contributed by atoms with Gasteiger partial charge in [0.05, 0.1) is 0 Å². The van der Waals surface area contributed by atoms with Gasteiger partial charge in [-0.3, -0.25) is 9.59 Å². The molecule has 0 aromatic heterocycles. The zero-order chi connectivity index (χ0) is 23.8. The minimum absolute atomic E-state index is 0.0673. The molecule has 0 saturated heterocycles. The zero-order valence-electron chi connectivity index (χ0n) is 21.3. The quantitative estimate of drug-likeness (QED) is 0.314. The monoisotopic (exact) mass is 434 g/mol. The van der Waals surface area contributed by atoms with E-state index in [0.29, 0.717) is 5.92 Å². The van der Waals surface area contributed by atoms with Crippen LogP contribution >= 0.6 is 0 Å². The van der Waals surface area contributed by atoms with Crippen molar-refractivity contribution in [1.29, 1.82) is 0 Å². The van der Waals surface area contributed by atoms with Crippen LogP contribution in [0, 0.1) is 24.7 Å². The zero-order valence-corrected chi connectivity index (χ0v) is 21.3. The van der Waals surface area contributed by atoms with Crippen LogP contribution in [0.3, 0.4) is 0 Å². The molecule has 2 nitrogen and oxygen atoms in total. The average molecular weight is 435 g/mol. The molecule has 0 N–H and O–H groups in total. The van der Waals surface area contributed by atoms with Gasteiger partial charge in [-0.05, 0) is 92.2 Å². The van der Waals surface area contributed by atoms with Gasteiger partial charge in [-0.15, -0.1) is 0 Å². The van der Waals surface area contributed by atoms with E-state index in [1.165, 1.54) is 31.2 Å². The maximum absolute atomic E-state index is 12.1. The number of benzene rings is 2. The molecule has 0 saturated carbocycles. The summed E-state index contributed by atoms with van der Waals surface area (Å²) >= 11 is 0. The van der Waals surface area contributed by atoms with Gasteiger partial charge in [-0.1, -0.05) is 71.2 Å². The summed E-state index contributed by atoms with van der Waals surface area (Å²) in [5.41, 5.74) is 6.03. The lowest BCUT2D eigenvalue weighted by Gasteiger charge is -2.23. The normalized spacial score (nSPS) is 13.2. The molecule has 0 aliphatic rings. The molecule has 2 unspecified atom stereocenters. The lowest BCUT2D eigenvalue weighted by Crippen LogP contribution is -2.10. The molecule has 32 heavy (non-hydrogen) atoms. The van der Waals surface area contributed by atoms with Gasteiger partial charge in [0.2, 0.25) is 0 Å². The molecule has 2 heteroatoms. The first-order valence-electron chi connectivity index (χ1n) is 12.4. The van der Waals surface area contributed by atoms with Crippen LogP contribution in [0.5, 0.6) is 0 Å². The van der Waals surface area contributed by atoms with E-state index in [2.05, 4.69) is 40.7 Å². The van der Waals surface area contributed by atoms with Crippen LogP contribution in [0.25, 0.3) is 11.1 Å². The Bertz CT molecular complexity index is 922. The van der Waals surface area contributed by atoms with Gasteiger partial charge in [0.15, 0.2) is 11.6 Å². The summed E-state index contributed by atoms with van der Waals surface area (Å²) in [5, 5.41) is 0. The predicted molar refractivity (Wildman–Crippen MR) is 137 cm³/mol. The van der Waals surface area contributed by atoms with Gasteiger partial charge in [0.1, 0.15) is 0 Å². The summed E-state index contributed by atoms with van der Waals surface area (Å²) in [6.07, 6.45) is 7.24. The van der Waals surface area contributed by atoms with E-state index in [9.17, 15) is 9.59 Å². The Morgan fingerprint density at radius 2 is 1.31 bits per heavy atom. The third-order valence-electron chi connectivity index (χ3n) is 6.90. The number of carbonyl (C=O) groups is 2. The van der Waals surface area contributed by atoms with Crippen LogP contribution in [0.1, 0.15) is 105 Å². The van der Waals surface area contributed by atoms with Crippen molar-refractivity contribution in [3.8, 4) is 11.1 Å². The maximum Gasteiger partial charge on any atom is 0.159 e. The Morgan fingerprint density at radius 3 is 1.84 bits per heavy atom. The average Bonchev–Trinajstić information content (AvgIpc) is 2.75. The Morgan fingerprint density at radius 1 is 0.781 bits per heavy atom. The first kappa shape index (κ1) is 26.0. The van der Waals surface area contributed by atoms with Gasteiger partial charge in [-0.25, -0.2) is 0 Å². The summed E-state index contributed by atoms with van der Waals surface area (Å²) in [5.74, 6) is 2.32. The molecule has 0 radical (unpaired) electrons. The minimum Gasteiger partial charge on any atom is -0.295 e. The van der Waals surface area contributed by atoms with Crippen LogP contribution < -0.4 is 0 Å². The molecule has 0 aliphatic heterocycles. The first-order chi connectivity index (χ1) is 15.2. The minimum atomic E-state index is 0.0673. The second kappa shape index (κ2) is 12.1. The van der Waals surface area contributed by atoms with Crippen LogP contribution in [-0.2, 0) is 6.42 Å². The Labute approximate surface area is 195 Å². The number of hydrogen-bond acceptors (Lipinski definition) is 2. The molecule has 174 valence electrons. The molecule has 0 aliphatic carbocycles. The molecular formula is C30H42O2. The SMILES string of the molecule is CCC(CCC(CC)CC(C)C)Cc1ccc(C(C)=O)cc1-c1cc(C(C)=O)ccc1C. The maximum atomic E-state index is 12.1. The van der Waals surface area contributed by atoms with Crippen molar-refractivity contribution >= 4 is 11.6 Å². The van der Waals surface area contributed by atoms with Crippen molar-refractivity contribution in [2.24, 2.45) is 17.8 Å². The van der Waals surface area contributed by atoms with Crippen molar-refractivity contribution in [1.82, 2.24) is 0 Å². The molecular weight excluding hydrogens is 392 g/mol. The fourth-order valence-electron chi connectivity index (χ4n) is 4.74. The first-order valence-corrected chi connectivity index (χ1v) is 12.4. The molecule has 0 heterocycles. The highest BCUT2D eigenvalue weighted by molar-refractivity contribution is 5.97. The van der Waals surface area contributed by atoms with Gasteiger partial charge >= 0.3 is 0 Å². The smallest absolute Gasteiger partial charge is 0.159 e. The summed E-state index contributed by atoms with van der Waals surface area (Å²) in [6.45, 7) is 14.6. The molecule has 2 rings (SSSR count). The van der Waals surface area contributed by atoms with Gasteiger partial charge < -0.3 is 0 Å². The third kappa shape index (κ3) is 7.15. The summed E-state index contributed by atoms with van der Waals surface area (Å²) in [4.78, 5) is 24.1. The van der Waals surface area contributed by atoms with Gasteiger partial charge in [-0.2, -0.15) is 0 Å². The molecule has 2 atom stereocenters. The fraction of sp³-hybridized carbons (Fsp3) is 0.533. The standard InChI is InChI=1S/C30H42O2/c1-8-24(16-20(3)4)11-12-25(9-2)17-28-15-14-27(23(7)32)19-30(28)29-18-26(22(6)31)13-10-21(29)5/h10,13-15,18-20,24-25H,8-9,11-12,16-17H2,1-7H3. The molecule has 2 aromatic rings. The molecule has 0 spiro atoms. The van der Waals surface area contributed by atoms with Crippen molar-refractivity contribution in [2.45, 2.75) is 87.0 Å². The fourth-order valence-corrected chi connectivity index (χ4v) is 4.74. The highest BCUT2D eigenvalue weighted by Crippen LogP contribution is 2.33. The van der Waals surface area contributed by atoms with Gasteiger partial charge in [0.25, 0.3) is 0 Å². The van der Waals surface area contributed by atoms with Gasteiger partial charge in [0, 0.05) is 11.1 Å². The number of aryl methyl sites for hydroxylation is 1. The van der Waals surface area contributed by atoms with E-state index in [1.807, 2.05) is 30.3 Å². The van der Waals surface area contributed by atoms with Crippen LogP contribution in [0.4, 0.5) is 0 Å². The van der Waals surface area contributed by atoms with E-state index in [-0.39, 0.29) is 11.6 Å². The second-order valence-corrected chi connectivity index (χ2v) is 9.97. The summed E-state index contributed by atoms with van der Waals surface area (Å²) in [6, 6.07) is 12.0. The van der Waals surface area contributed by atoms with Crippen LogP contribution in [0.15, 0.2) is 36.4 Å². The summed E-state index contributed by atoms with van der Waals surface area (Å²) in [7, 11) is 0. The lowest BCUT2D eigenvalue weighted by atomic mass is 9.83. The van der Waals surface area contributed by atoms with E-state index in [4.69, 9.17) is 0 Å². The topological polar surface area (TPSA) is 34.1 Å². The van der Waals surface area contributed by atoms with Crippen molar-refractivity contribution < 1.29 is 9.59 Å². The van der Waals surface area contributed by atoms with E-state index < -0.39 is 0 Å². The predicted octanol–water partition coefficient (Wildman–Crippen LogP) is 8.49. The van der Waals surface area contributed by atoms with E-state index in [0.717, 1.165) is 52.5 Å². The Kier molecular flexibility index (Phi) is 9.87. The number of hydrogen-bond donors (Lipinski definition) is 0. The molecule has 2 aromatic carbocycles. The van der Waals surface area contributed by atoms with Crippen LogP contribution in [-0.4, -0.2) is 11.6 Å². The number of Topliss-reactive ketones (excluding diaryl/α,β-unsaturated/α-hetero) is 2. The second-order valence-electron chi connectivity index (χ2n) is 9.97. The van der Waals surface area contributed by atoms with Crippen molar-refractivity contribution in [3.05, 3.63) is 58.7 Å². The Balaban J connectivity index is 2.38. The number of rotatable bonds is 12. The lowest BCUT2D eigenvalue weighted by molar-refractivity contribution is 0.100. The third-order valence-corrected chi connectivity index (χ3v) is 6.90. The molecule has 0 fully saturated rings. The van der Waals surface area contributed by atoms with Crippen LogP contribution in [0.2, 0.25) is 0 Å². The highest BCUT2D eigenvalue weighted by Gasteiger charge is 2.18. The van der Waals surface area contributed by atoms with E-state index in [1.54, 1.807) is 13.8 Å². The molecule has 0 bridgehead atoms. The number of carbonyl (C=O) groups excluding carboxylic acids is 2. The summed E-state index contributed by atoms with van der Waals surface area (Å²) < 4.78 is 0. The Hall–Kier alpha value is -2.22. The highest BCUT2D eigenvalue weighted by atomic mass is 16.1. The largest absolute Gasteiger partial charge is 0.295 e. The van der Waals surface area contributed by atoms with E-state index >= 15 is 0 Å². The number of ketones is 2. The molecule has 0 amide bonds. The van der Waals surface area contributed by atoms with Crippen molar-refractivity contribution in [3.63, 3.8) is 0 Å². The van der Waals surface area contributed by atoms with Crippen molar-refractivity contribution in [2.75, 3.05) is 0 Å².